The predicted octanol–water partition coefficient (Wildman–Crippen LogP) is 5.86. The number of fused-ring (bicyclic) bond motifs is 1. The number of hydrogen-bond donors (Lipinski definition) is 1. The first kappa shape index (κ1) is 24.0. The molecule has 0 aliphatic carbocycles. The van der Waals surface area contributed by atoms with Crippen molar-refractivity contribution in [1.82, 2.24) is 4.72 Å². The van der Waals surface area contributed by atoms with Crippen molar-refractivity contribution in [3.05, 3.63) is 64.6 Å². The molecule has 0 radical (unpaired) electrons. The quantitative estimate of drug-likeness (QED) is 0.415. The van der Waals surface area contributed by atoms with Gasteiger partial charge in [0.2, 0.25) is 10.0 Å². The van der Waals surface area contributed by atoms with Crippen LogP contribution in [0.25, 0.3) is 10.8 Å². The van der Waals surface area contributed by atoms with Crippen molar-refractivity contribution >= 4 is 42.4 Å². The highest BCUT2D eigenvalue weighted by atomic mass is 79.9. The lowest BCUT2D eigenvalue weighted by Gasteiger charge is -2.30. The van der Waals surface area contributed by atoms with Crippen molar-refractivity contribution in [3.8, 4) is 5.75 Å². The van der Waals surface area contributed by atoms with Gasteiger partial charge < -0.3 is 9.64 Å². The zero-order valence-corrected chi connectivity index (χ0v) is 21.8. The molecule has 1 heterocycles. The molecule has 4 rings (SSSR count). The molecule has 1 aliphatic rings. The second kappa shape index (κ2) is 9.65. The Labute approximate surface area is 205 Å². The van der Waals surface area contributed by atoms with E-state index < -0.39 is 15.4 Å². The molecular weight excluding hydrogens is 500 g/mol. The number of rotatable bonds is 7. The third-order valence-electron chi connectivity index (χ3n) is 6.43. The molecule has 5 nitrogen and oxygen atoms in total. The van der Waals surface area contributed by atoms with Crippen LogP contribution >= 0.6 is 15.9 Å². The molecule has 3 aromatic rings. The maximum Gasteiger partial charge on any atom is 0.240 e. The standard InChI is InChI=1S/C26H31BrN2O3S/c1-26(2,23-9-7-8-19-10-11-20(27)16-22(19)23)18-28-33(30,31)21-12-13-25(32-3)24(17-21)29-14-5-4-6-15-29/h7-13,16-17,28H,4-6,14-15,18H2,1-3H3. The fourth-order valence-corrected chi connectivity index (χ4v) is 6.10. The summed E-state index contributed by atoms with van der Waals surface area (Å²) >= 11 is 3.56. The molecule has 33 heavy (non-hydrogen) atoms. The van der Waals surface area contributed by atoms with Crippen molar-refractivity contribution in [1.29, 1.82) is 0 Å². The van der Waals surface area contributed by atoms with Crippen LogP contribution in [0.2, 0.25) is 0 Å². The largest absolute Gasteiger partial charge is 0.495 e. The van der Waals surface area contributed by atoms with E-state index in [4.69, 9.17) is 4.74 Å². The monoisotopic (exact) mass is 530 g/mol. The molecule has 0 spiro atoms. The number of halogens is 1. The molecular formula is C26H31BrN2O3S. The van der Waals surface area contributed by atoms with E-state index in [9.17, 15) is 8.42 Å². The molecule has 0 unspecified atom stereocenters. The van der Waals surface area contributed by atoms with E-state index in [1.807, 2.05) is 12.1 Å². The molecule has 1 saturated heterocycles. The van der Waals surface area contributed by atoms with E-state index in [0.29, 0.717) is 5.75 Å². The van der Waals surface area contributed by atoms with Crippen molar-refractivity contribution in [2.24, 2.45) is 0 Å². The van der Waals surface area contributed by atoms with Gasteiger partial charge in [0.05, 0.1) is 17.7 Å². The Morgan fingerprint density at radius 2 is 1.79 bits per heavy atom. The highest BCUT2D eigenvalue weighted by molar-refractivity contribution is 9.10. The Morgan fingerprint density at radius 1 is 1.03 bits per heavy atom. The van der Waals surface area contributed by atoms with Crippen LogP contribution in [-0.2, 0) is 15.4 Å². The van der Waals surface area contributed by atoms with Gasteiger partial charge in [-0.15, -0.1) is 0 Å². The molecule has 0 amide bonds. The minimum atomic E-state index is -3.69. The Kier molecular flexibility index (Phi) is 7.03. The SMILES string of the molecule is COc1ccc(S(=O)(=O)NCC(C)(C)c2cccc3ccc(Br)cc23)cc1N1CCCCC1. The van der Waals surface area contributed by atoms with Crippen LogP contribution in [0, 0.1) is 0 Å². The van der Waals surface area contributed by atoms with Crippen LogP contribution in [-0.4, -0.2) is 35.2 Å². The number of nitrogens with one attached hydrogen (secondary N) is 1. The smallest absolute Gasteiger partial charge is 0.240 e. The summed E-state index contributed by atoms with van der Waals surface area (Å²) in [5.41, 5.74) is 1.54. The molecule has 176 valence electrons. The average Bonchev–Trinajstić information content (AvgIpc) is 2.82. The minimum Gasteiger partial charge on any atom is -0.495 e. The maximum absolute atomic E-state index is 13.3. The number of anilines is 1. The Morgan fingerprint density at radius 3 is 2.52 bits per heavy atom. The number of methoxy groups -OCH3 is 1. The second-order valence-corrected chi connectivity index (χ2v) is 11.9. The highest BCUT2D eigenvalue weighted by Gasteiger charge is 2.27. The van der Waals surface area contributed by atoms with Gasteiger partial charge in [-0.2, -0.15) is 0 Å². The van der Waals surface area contributed by atoms with Crippen LogP contribution in [0.1, 0.15) is 38.7 Å². The molecule has 0 bridgehead atoms. The highest BCUT2D eigenvalue weighted by Crippen LogP contribution is 2.34. The van der Waals surface area contributed by atoms with Gasteiger partial charge in [0, 0.05) is 29.5 Å². The Hall–Kier alpha value is -2.09. The summed E-state index contributed by atoms with van der Waals surface area (Å²) in [6.07, 6.45) is 3.42. The summed E-state index contributed by atoms with van der Waals surface area (Å²) in [5, 5.41) is 2.25. The number of piperidine rings is 1. The number of benzene rings is 3. The van der Waals surface area contributed by atoms with Gasteiger partial charge in [0.25, 0.3) is 0 Å². The molecule has 3 aromatic carbocycles. The summed E-state index contributed by atoms with van der Waals surface area (Å²) in [5.74, 6) is 0.706. The van der Waals surface area contributed by atoms with Crippen LogP contribution in [0.15, 0.2) is 64.0 Å². The molecule has 1 aliphatic heterocycles. The van der Waals surface area contributed by atoms with Crippen molar-refractivity contribution in [3.63, 3.8) is 0 Å². The van der Waals surface area contributed by atoms with Crippen LogP contribution < -0.4 is 14.4 Å². The van der Waals surface area contributed by atoms with Gasteiger partial charge >= 0.3 is 0 Å². The Balaban J connectivity index is 1.60. The summed E-state index contributed by atoms with van der Waals surface area (Å²) in [7, 11) is -2.07. The van der Waals surface area contributed by atoms with E-state index in [0.717, 1.165) is 52.4 Å². The van der Waals surface area contributed by atoms with E-state index in [-0.39, 0.29) is 11.4 Å². The topological polar surface area (TPSA) is 58.6 Å². The fourth-order valence-electron chi connectivity index (χ4n) is 4.51. The molecule has 1 N–H and O–H groups in total. The van der Waals surface area contributed by atoms with Crippen molar-refractivity contribution in [2.45, 2.75) is 43.4 Å². The summed E-state index contributed by atoms with van der Waals surface area (Å²) in [6, 6.07) is 17.5. The molecule has 0 saturated carbocycles. The maximum atomic E-state index is 13.3. The van der Waals surface area contributed by atoms with Gasteiger partial charge in [-0.25, -0.2) is 13.1 Å². The van der Waals surface area contributed by atoms with Crippen LogP contribution in [0.5, 0.6) is 5.75 Å². The first-order chi connectivity index (χ1) is 15.7. The molecule has 1 fully saturated rings. The normalized spacial score (nSPS) is 15.1. The van der Waals surface area contributed by atoms with Crippen molar-refractivity contribution < 1.29 is 13.2 Å². The fraction of sp³-hybridized carbons (Fsp3) is 0.385. The van der Waals surface area contributed by atoms with E-state index >= 15 is 0 Å². The summed E-state index contributed by atoms with van der Waals surface area (Å²) in [6.45, 7) is 6.25. The third kappa shape index (κ3) is 5.20. The number of nitrogens with zero attached hydrogens (tertiary/aromatic N) is 1. The lowest BCUT2D eigenvalue weighted by Crippen LogP contribution is -2.37. The minimum absolute atomic E-state index is 0.264. The second-order valence-electron chi connectivity index (χ2n) is 9.26. The number of sulfonamides is 1. The molecule has 0 aromatic heterocycles. The van der Waals surface area contributed by atoms with Gasteiger partial charge in [0.1, 0.15) is 5.75 Å². The lowest BCUT2D eigenvalue weighted by atomic mass is 9.82. The molecule has 0 atom stereocenters. The number of ether oxygens (including phenoxy) is 1. The van der Waals surface area contributed by atoms with Gasteiger partial charge in [0.15, 0.2) is 0 Å². The zero-order valence-electron chi connectivity index (χ0n) is 19.4. The first-order valence-corrected chi connectivity index (χ1v) is 13.6. The van der Waals surface area contributed by atoms with E-state index in [1.54, 1.807) is 25.3 Å². The van der Waals surface area contributed by atoms with Crippen molar-refractivity contribution in [2.75, 3.05) is 31.6 Å². The van der Waals surface area contributed by atoms with E-state index in [1.165, 1.54) is 6.42 Å². The van der Waals surface area contributed by atoms with Crippen LogP contribution in [0.4, 0.5) is 5.69 Å². The predicted molar refractivity (Wildman–Crippen MR) is 139 cm³/mol. The van der Waals surface area contributed by atoms with Crippen LogP contribution in [0.3, 0.4) is 0 Å². The zero-order chi connectivity index (χ0) is 23.6. The summed E-state index contributed by atoms with van der Waals surface area (Å²) < 4.78 is 36.0. The Bertz CT molecular complexity index is 1250. The van der Waals surface area contributed by atoms with E-state index in [2.05, 4.69) is 63.7 Å². The van der Waals surface area contributed by atoms with Gasteiger partial charge in [-0.3, -0.25) is 0 Å². The number of hydrogen-bond acceptors (Lipinski definition) is 4. The summed E-state index contributed by atoms with van der Waals surface area (Å²) in [4.78, 5) is 2.49. The molecule has 7 heteroatoms. The third-order valence-corrected chi connectivity index (χ3v) is 8.33. The first-order valence-electron chi connectivity index (χ1n) is 11.3. The van der Waals surface area contributed by atoms with Gasteiger partial charge in [-0.1, -0.05) is 54.0 Å². The lowest BCUT2D eigenvalue weighted by molar-refractivity contribution is 0.412. The average molecular weight is 532 g/mol. The van der Waals surface area contributed by atoms with Gasteiger partial charge in [-0.05, 0) is 65.9 Å².